The Morgan fingerprint density at radius 1 is 1.33 bits per heavy atom. The molecule has 0 radical (unpaired) electrons. The van der Waals surface area contributed by atoms with Crippen molar-refractivity contribution in [2.24, 2.45) is 5.73 Å². The van der Waals surface area contributed by atoms with E-state index in [9.17, 15) is 4.79 Å². The second kappa shape index (κ2) is 4.88. The minimum absolute atomic E-state index is 0. The fourth-order valence-electron chi connectivity index (χ4n) is 1.96. The van der Waals surface area contributed by atoms with Crippen molar-refractivity contribution < 1.29 is 9.53 Å². The summed E-state index contributed by atoms with van der Waals surface area (Å²) < 4.78 is 5.82. The van der Waals surface area contributed by atoms with Crippen LogP contribution in [0, 0.1) is 0 Å². The maximum atomic E-state index is 11.3. The van der Waals surface area contributed by atoms with Gasteiger partial charge in [-0.1, -0.05) is 0 Å². The topological polar surface area (TPSA) is 80.1 Å². The second-order valence-corrected chi connectivity index (χ2v) is 4.14. The molecule has 1 saturated heterocycles. The predicted octanol–water partition coefficient (Wildman–Crippen LogP) is 1.04. The number of benzene rings is 1. The van der Waals surface area contributed by atoms with Gasteiger partial charge in [0.1, 0.15) is 11.9 Å². The molecule has 4 N–H and O–H groups in total. The number of hydrogen-bond acceptors (Lipinski definition) is 3. The molecule has 5 nitrogen and oxygen atoms in total. The van der Waals surface area contributed by atoms with Crippen LogP contribution in [0.15, 0.2) is 24.4 Å². The van der Waals surface area contributed by atoms with E-state index in [2.05, 4.69) is 10.3 Å². The highest BCUT2D eigenvalue weighted by Crippen LogP contribution is 2.28. The zero-order valence-corrected chi connectivity index (χ0v) is 10.4. The molecule has 0 aliphatic carbocycles. The normalized spacial score (nSPS) is 14.9. The molecule has 96 valence electrons. The molecule has 2 heterocycles. The van der Waals surface area contributed by atoms with Crippen LogP contribution in [0.1, 0.15) is 10.4 Å². The summed E-state index contributed by atoms with van der Waals surface area (Å²) in [6.45, 7) is 1.73. The SMILES string of the molecule is Cl.NC(=O)c1ccc(OC2CNC2)c2cc[nH]c12. The predicted molar refractivity (Wildman–Crippen MR) is 71.4 cm³/mol. The summed E-state index contributed by atoms with van der Waals surface area (Å²) in [5, 5.41) is 4.04. The van der Waals surface area contributed by atoms with Crippen LogP contribution < -0.4 is 15.8 Å². The third-order valence-electron chi connectivity index (χ3n) is 2.99. The summed E-state index contributed by atoms with van der Waals surface area (Å²) in [6.07, 6.45) is 2.00. The number of carbonyl (C=O) groups is 1. The molecule has 2 aromatic rings. The van der Waals surface area contributed by atoms with Crippen molar-refractivity contribution in [3.05, 3.63) is 30.0 Å². The second-order valence-electron chi connectivity index (χ2n) is 4.14. The van der Waals surface area contributed by atoms with E-state index in [1.54, 1.807) is 18.3 Å². The van der Waals surface area contributed by atoms with Crippen molar-refractivity contribution in [3.8, 4) is 5.75 Å². The quantitative estimate of drug-likeness (QED) is 0.777. The van der Waals surface area contributed by atoms with E-state index in [0.29, 0.717) is 5.56 Å². The van der Waals surface area contributed by atoms with Crippen molar-refractivity contribution >= 4 is 29.2 Å². The standard InChI is InChI=1S/C12H13N3O2.ClH/c13-12(16)9-1-2-10(17-7-5-14-6-7)8-3-4-15-11(8)9;/h1-4,7,14-15H,5-6H2,(H2,13,16);1H. The fraction of sp³-hybridized carbons (Fsp3) is 0.250. The Kier molecular flexibility index (Phi) is 3.45. The van der Waals surface area contributed by atoms with E-state index in [1.165, 1.54) is 0 Å². The molecular formula is C12H14ClN3O2. The minimum Gasteiger partial charge on any atom is -0.487 e. The molecule has 1 aliphatic heterocycles. The summed E-state index contributed by atoms with van der Waals surface area (Å²) in [7, 11) is 0. The molecule has 0 bridgehead atoms. The Bertz CT molecular complexity index is 578. The van der Waals surface area contributed by atoms with Gasteiger partial charge in [-0.3, -0.25) is 4.79 Å². The summed E-state index contributed by atoms with van der Waals surface area (Å²) in [5.74, 6) is 0.354. The first-order chi connectivity index (χ1) is 8.25. The lowest BCUT2D eigenvalue weighted by molar-refractivity contribution is 0.100. The van der Waals surface area contributed by atoms with Gasteiger partial charge in [-0.25, -0.2) is 0 Å². The Morgan fingerprint density at radius 3 is 2.72 bits per heavy atom. The number of rotatable bonds is 3. The van der Waals surface area contributed by atoms with Crippen LogP contribution in [0.3, 0.4) is 0 Å². The Balaban J connectivity index is 0.00000120. The number of nitrogens with two attached hydrogens (primary N) is 1. The summed E-state index contributed by atoms with van der Waals surface area (Å²) in [4.78, 5) is 14.3. The van der Waals surface area contributed by atoms with E-state index in [4.69, 9.17) is 10.5 Å². The maximum absolute atomic E-state index is 11.3. The lowest BCUT2D eigenvalue weighted by atomic mass is 10.1. The molecule has 1 fully saturated rings. The van der Waals surface area contributed by atoms with Crippen LogP contribution in [-0.2, 0) is 0 Å². The van der Waals surface area contributed by atoms with Crippen LogP contribution in [0.2, 0.25) is 0 Å². The fourth-order valence-corrected chi connectivity index (χ4v) is 1.96. The number of hydrogen-bond donors (Lipinski definition) is 3. The Labute approximate surface area is 110 Å². The number of halogens is 1. The lowest BCUT2D eigenvalue weighted by Gasteiger charge is -2.28. The average Bonchev–Trinajstić information content (AvgIpc) is 2.71. The van der Waals surface area contributed by atoms with Crippen molar-refractivity contribution in [2.75, 3.05) is 13.1 Å². The highest BCUT2D eigenvalue weighted by molar-refractivity contribution is 6.06. The number of amides is 1. The monoisotopic (exact) mass is 267 g/mol. The van der Waals surface area contributed by atoms with Crippen LogP contribution >= 0.6 is 12.4 Å². The Hall–Kier alpha value is -1.72. The van der Waals surface area contributed by atoms with Crippen LogP contribution in [-0.4, -0.2) is 30.1 Å². The highest BCUT2D eigenvalue weighted by Gasteiger charge is 2.20. The third-order valence-corrected chi connectivity index (χ3v) is 2.99. The number of nitrogens with one attached hydrogen (secondary N) is 2. The minimum atomic E-state index is -0.436. The smallest absolute Gasteiger partial charge is 0.250 e. The van der Waals surface area contributed by atoms with Gasteiger partial charge in [0.2, 0.25) is 0 Å². The number of H-pyrrole nitrogens is 1. The molecule has 3 rings (SSSR count). The number of ether oxygens (including phenoxy) is 1. The zero-order chi connectivity index (χ0) is 11.8. The van der Waals surface area contributed by atoms with Crippen molar-refractivity contribution in [1.82, 2.24) is 10.3 Å². The molecule has 1 aromatic carbocycles. The van der Waals surface area contributed by atoms with Gasteiger partial charge in [0.15, 0.2) is 0 Å². The third kappa shape index (κ3) is 2.02. The summed E-state index contributed by atoms with van der Waals surface area (Å²) in [6, 6.07) is 5.39. The van der Waals surface area contributed by atoms with Crippen molar-refractivity contribution in [1.29, 1.82) is 0 Å². The lowest BCUT2D eigenvalue weighted by Crippen LogP contribution is -2.50. The highest BCUT2D eigenvalue weighted by atomic mass is 35.5. The molecule has 6 heteroatoms. The van der Waals surface area contributed by atoms with Crippen LogP contribution in [0.4, 0.5) is 0 Å². The summed E-state index contributed by atoms with van der Waals surface area (Å²) >= 11 is 0. The van der Waals surface area contributed by atoms with E-state index < -0.39 is 5.91 Å². The molecule has 18 heavy (non-hydrogen) atoms. The Morgan fingerprint density at radius 2 is 2.11 bits per heavy atom. The van der Waals surface area contributed by atoms with Gasteiger partial charge in [-0.05, 0) is 18.2 Å². The maximum Gasteiger partial charge on any atom is 0.250 e. The first-order valence-corrected chi connectivity index (χ1v) is 5.53. The van der Waals surface area contributed by atoms with Gasteiger partial charge in [0.25, 0.3) is 5.91 Å². The molecule has 1 aliphatic rings. The van der Waals surface area contributed by atoms with E-state index in [0.717, 1.165) is 29.7 Å². The van der Waals surface area contributed by atoms with Gasteiger partial charge in [0.05, 0.1) is 11.1 Å². The zero-order valence-electron chi connectivity index (χ0n) is 9.60. The number of aromatic amines is 1. The van der Waals surface area contributed by atoms with E-state index >= 15 is 0 Å². The molecule has 1 aromatic heterocycles. The first kappa shape index (κ1) is 12.7. The van der Waals surface area contributed by atoms with Crippen molar-refractivity contribution in [3.63, 3.8) is 0 Å². The number of fused-ring (bicyclic) bond motifs is 1. The molecule has 1 amide bonds. The van der Waals surface area contributed by atoms with Gasteiger partial charge >= 0.3 is 0 Å². The van der Waals surface area contributed by atoms with Gasteiger partial charge < -0.3 is 20.8 Å². The largest absolute Gasteiger partial charge is 0.487 e. The number of primary amides is 1. The van der Waals surface area contributed by atoms with Gasteiger partial charge in [-0.2, -0.15) is 0 Å². The van der Waals surface area contributed by atoms with E-state index in [-0.39, 0.29) is 18.5 Å². The van der Waals surface area contributed by atoms with E-state index in [1.807, 2.05) is 6.07 Å². The van der Waals surface area contributed by atoms with Gasteiger partial charge in [-0.15, -0.1) is 12.4 Å². The average molecular weight is 268 g/mol. The number of aromatic nitrogens is 1. The van der Waals surface area contributed by atoms with Crippen LogP contribution in [0.5, 0.6) is 5.75 Å². The first-order valence-electron chi connectivity index (χ1n) is 5.53. The molecule has 0 atom stereocenters. The van der Waals surface area contributed by atoms with Crippen molar-refractivity contribution in [2.45, 2.75) is 6.10 Å². The van der Waals surface area contributed by atoms with Gasteiger partial charge in [0, 0.05) is 24.7 Å². The molecule has 0 spiro atoms. The molecule has 0 unspecified atom stereocenters. The molecule has 0 saturated carbocycles. The summed E-state index contributed by atoms with van der Waals surface area (Å²) in [5.41, 5.74) is 6.55. The number of carbonyl (C=O) groups excluding carboxylic acids is 1. The van der Waals surface area contributed by atoms with Crippen LogP contribution in [0.25, 0.3) is 10.9 Å². The molecular weight excluding hydrogens is 254 g/mol.